The van der Waals surface area contributed by atoms with E-state index in [0.29, 0.717) is 30.3 Å². The van der Waals surface area contributed by atoms with Crippen LogP contribution in [0.4, 0.5) is 0 Å². The summed E-state index contributed by atoms with van der Waals surface area (Å²) in [5, 5.41) is 0.599. The van der Waals surface area contributed by atoms with Gasteiger partial charge in [0, 0.05) is 27.2 Å². The lowest BCUT2D eigenvalue weighted by Crippen LogP contribution is -2.44. The Labute approximate surface area is 119 Å². The van der Waals surface area contributed by atoms with E-state index in [-0.39, 0.29) is 12.0 Å². The first-order valence-electron chi connectivity index (χ1n) is 5.43. The van der Waals surface area contributed by atoms with Crippen LogP contribution in [0.3, 0.4) is 0 Å². The summed E-state index contributed by atoms with van der Waals surface area (Å²) < 4.78 is 6.39. The Kier molecular flexibility index (Phi) is 4.27. The van der Waals surface area contributed by atoms with Gasteiger partial charge in [0.2, 0.25) is 0 Å². The summed E-state index contributed by atoms with van der Waals surface area (Å²) in [6, 6.07) is 5.40. The summed E-state index contributed by atoms with van der Waals surface area (Å²) in [5.41, 5.74) is 0.649. The minimum absolute atomic E-state index is 0.0283. The van der Waals surface area contributed by atoms with E-state index in [1.165, 1.54) is 0 Å². The Balaban J connectivity index is 2.18. The van der Waals surface area contributed by atoms with Crippen LogP contribution in [0.1, 0.15) is 17.3 Å². The monoisotopic (exact) mass is 365 g/mol. The Morgan fingerprint density at radius 3 is 2.94 bits per heavy atom. The van der Waals surface area contributed by atoms with Gasteiger partial charge in [-0.1, -0.05) is 11.6 Å². The molecule has 5 heteroatoms. The van der Waals surface area contributed by atoms with Crippen molar-refractivity contribution in [1.29, 1.82) is 0 Å². The van der Waals surface area contributed by atoms with Gasteiger partial charge in [0.15, 0.2) is 0 Å². The molecule has 1 aromatic rings. The van der Waals surface area contributed by atoms with E-state index in [1.807, 2.05) is 24.0 Å². The van der Waals surface area contributed by atoms with E-state index in [4.69, 9.17) is 16.3 Å². The highest BCUT2D eigenvalue weighted by Crippen LogP contribution is 2.19. The fourth-order valence-corrected chi connectivity index (χ4v) is 2.95. The van der Waals surface area contributed by atoms with Crippen LogP contribution < -0.4 is 0 Å². The molecule has 1 amide bonds. The fourth-order valence-electron chi connectivity index (χ4n) is 1.86. The molecule has 0 radical (unpaired) electrons. The van der Waals surface area contributed by atoms with Crippen LogP contribution in [0.2, 0.25) is 5.02 Å². The predicted molar refractivity (Wildman–Crippen MR) is 75.5 cm³/mol. The minimum atomic E-state index is 0.0283. The molecule has 3 nitrogen and oxygen atoms in total. The van der Waals surface area contributed by atoms with Crippen LogP contribution in [0.25, 0.3) is 0 Å². The van der Waals surface area contributed by atoms with Crippen molar-refractivity contribution < 1.29 is 9.53 Å². The molecule has 1 saturated heterocycles. The lowest BCUT2D eigenvalue weighted by atomic mass is 10.2. The molecule has 1 aliphatic rings. The standard InChI is InChI=1S/C12H13ClINO2/c1-8-7-15(2-3-17-8)12(16)9-4-10(13)6-11(14)5-9/h4-6,8H,2-3,7H2,1H3/t8-/m1/s1. The Morgan fingerprint density at radius 1 is 1.53 bits per heavy atom. The summed E-state index contributed by atoms with van der Waals surface area (Å²) >= 11 is 8.12. The van der Waals surface area contributed by atoms with Gasteiger partial charge in [0.05, 0.1) is 12.7 Å². The summed E-state index contributed by atoms with van der Waals surface area (Å²) in [4.78, 5) is 14.1. The smallest absolute Gasteiger partial charge is 0.254 e. The summed E-state index contributed by atoms with van der Waals surface area (Å²) in [5.74, 6) is 0.0283. The van der Waals surface area contributed by atoms with Gasteiger partial charge in [0.25, 0.3) is 5.91 Å². The van der Waals surface area contributed by atoms with Crippen LogP contribution in [-0.4, -0.2) is 36.6 Å². The van der Waals surface area contributed by atoms with Crippen molar-refractivity contribution in [1.82, 2.24) is 4.90 Å². The zero-order chi connectivity index (χ0) is 12.4. The molecule has 0 spiro atoms. The molecule has 2 rings (SSSR count). The summed E-state index contributed by atoms with van der Waals surface area (Å²) in [6.07, 6.45) is 0.103. The molecule has 0 saturated carbocycles. The second-order valence-electron chi connectivity index (χ2n) is 4.09. The van der Waals surface area contributed by atoms with Crippen LogP contribution in [-0.2, 0) is 4.74 Å². The Hall–Kier alpha value is -0.330. The van der Waals surface area contributed by atoms with Gasteiger partial charge < -0.3 is 9.64 Å². The SMILES string of the molecule is C[C@@H]1CN(C(=O)c2cc(Cl)cc(I)c2)CCO1. The molecule has 1 fully saturated rings. The maximum Gasteiger partial charge on any atom is 0.254 e. The van der Waals surface area contributed by atoms with E-state index in [0.717, 1.165) is 3.57 Å². The quantitative estimate of drug-likeness (QED) is 0.716. The fraction of sp³-hybridized carbons (Fsp3) is 0.417. The molecular formula is C12H13ClINO2. The zero-order valence-corrected chi connectivity index (χ0v) is 12.4. The van der Waals surface area contributed by atoms with Gasteiger partial charge in [-0.05, 0) is 47.7 Å². The van der Waals surface area contributed by atoms with Crippen molar-refractivity contribution in [2.45, 2.75) is 13.0 Å². The number of nitrogens with zero attached hydrogens (tertiary/aromatic N) is 1. The number of benzene rings is 1. The minimum Gasteiger partial charge on any atom is -0.375 e. The van der Waals surface area contributed by atoms with Gasteiger partial charge in [-0.2, -0.15) is 0 Å². The van der Waals surface area contributed by atoms with Gasteiger partial charge in [-0.15, -0.1) is 0 Å². The number of rotatable bonds is 1. The van der Waals surface area contributed by atoms with Gasteiger partial charge in [-0.3, -0.25) is 4.79 Å². The Bertz CT molecular complexity index is 418. The van der Waals surface area contributed by atoms with Crippen molar-refractivity contribution in [3.8, 4) is 0 Å². The van der Waals surface area contributed by atoms with E-state index in [9.17, 15) is 4.79 Å². The van der Waals surface area contributed by atoms with Gasteiger partial charge in [0.1, 0.15) is 0 Å². The highest BCUT2D eigenvalue weighted by molar-refractivity contribution is 14.1. The second kappa shape index (κ2) is 5.54. The molecule has 17 heavy (non-hydrogen) atoms. The van der Waals surface area contributed by atoms with Crippen molar-refractivity contribution in [2.75, 3.05) is 19.7 Å². The molecule has 0 aromatic heterocycles. The van der Waals surface area contributed by atoms with Crippen LogP contribution in [0.15, 0.2) is 18.2 Å². The molecular weight excluding hydrogens is 352 g/mol. The van der Waals surface area contributed by atoms with E-state index in [1.54, 1.807) is 6.07 Å². The molecule has 1 aliphatic heterocycles. The largest absolute Gasteiger partial charge is 0.375 e. The van der Waals surface area contributed by atoms with Crippen LogP contribution >= 0.6 is 34.2 Å². The lowest BCUT2D eigenvalue weighted by Gasteiger charge is -2.31. The summed E-state index contributed by atoms with van der Waals surface area (Å²) in [6.45, 7) is 3.86. The molecule has 1 atom stereocenters. The van der Waals surface area contributed by atoms with Crippen LogP contribution in [0, 0.1) is 3.57 Å². The van der Waals surface area contributed by atoms with Crippen LogP contribution in [0.5, 0.6) is 0 Å². The maximum atomic E-state index is 12.3. The molecule has 0 unspecified atom stereocenters. The Morgan fingerprint density at radius 2 is 2.29 bits per heavy atom. The topological polar surface area (TPSA) is 29.5 Å². The van der Waals surface area contributed by atoms with Crippen molar-refractivity contribution >= 4 is 40.1 Å². The number of carbonyl (C=O) groups excluding carboxylic acids is 1. The molecule has 0 N–H and O–H groups in total. The third kappa shape index (κ3) is 3.33. The highest BCUT2D eigenvalue weighted by atomic mass is 127. The number of morpholine rings is 1. The molecule has 0 aliphatic carbocycles. The molecule has 0 bridgehead atoms. The molecule has 1 heterocycles. The average molecular weight is 366 g/mol. The van der Waals surface area contributed by atoms with E-state index in [2.05, 4.69) is 22.6 Å². The number of carbonyl (C=O) groups is 1. The first kappa shape index (κ1) is 13.1. The van der Waals surface area contributed by atoms with Gasteiger partial charge in [-0.25, -0.2) is 0 Å². The third-order valence-electron chi connectivity index (χ3n) is 2.64. The number of hydrogen-bond donors (Lipinski definition) is 0. The zero-order valence-electron chi connectivity index (χ0n) is 9.45. The molecule has 92 valence electrons. The summed E-state index contributed by atoms with van der Waals surface area (Å²) in [7, 11) is 0. The van der Waals surface area contributed by atoms with Crippen molar-refractivity contribution in [3.63, 3.8) is 0 Å². The highest BCUT2D eigenvalue weighted by Gasteiger charge is 2.22. The second-order valence-corrected chi connectivity index (χ2v) is 5.77. The molecule has 1 aromatic carbocycles. The van der Waals surface area contributed by atoms with Gasteiger partial charge >= 0.3 is 0 Å². The normalized spacial score (nSPS) is 20.4. The van der Waals surface area contributed by atoms with E-state index >= 15 is 0 Å². The maximum absolute atomic E-state index is 12.3. The lowest BCUT2D eigenvalue weighted by molar-refractivity contribution is -0.0124. The van der Waals surface area contributed by atoms with E-state index < -0.39 is 0 Å². The third-order valence-corrected chi connectivity index (χ3v) is 3.48. The average Bonchev–Trinajstić information content (AvgIpc) is 2.26. The van der Waals surface area contributed by atoms with Crippen molar-refractivity contribution in [2.24, 2.45) is 0 Å². The number of ether oxygens (including phenoxy) is 1. The predicted octanol–water partition coefficient (Wildman–Crippen LogP) is 2.81. The first-order chi connectivity index (χ1) is 8.06. The number of amides is 1. The number of hydrogen-bond acceptors (Lipinski definition) is 2. The first-order valence-corrected chi connectivity index (χ1v) is 6.89. The van der Waals surface area contributed by atoms with Crippen molar-refractivity contribution in [3.05, 3.63) is 32.4 Å². The number of halogens is 2.